The Bertz CT molecular complexity index is 1380. The quantitative estimate of drug-likeness (QED) is 0.224. The number of hydrogen-bond donors (Lipinski definition) is 1. The minimum Gasteiger partial charge on any atom is -0.467 e. The minimum atomic E-state index is 0.212. The van der Waals surface area contributed by atoms with Gasteiger partial charge >= 0.3 is 6.01 Å². The normalized spacial score (nSPS) is 11.4. The summed E-state index contributed by atoms with van der Waals surface area (Å²) in [4.78, 5) is 19.5. The van der Waals surface area contributed by atoms with Crippen LogP contribution in [-0.2, 0) is 9.47 Å². The van der Waals surface area contributed by atoms with Crippen LogP contribution in [-0.4, -0.2) is 67.6 Å². The van der Waals surface area contributed by atoms with Crippen molar-refractivity contribution in [2.45, 2.75) is 6.92 Å². The zero-order valence-corrected chi connectivity index (χ0v) is 22.5. The van der Waals surface area contributed by atoms with Gasteiger partial charge in [0, 0.05) is 38.0 Å². The first kappa shape index (κ1) is 26.6. The first-order valence-corrected chi connectivity index (χ1v) is 12.6. The second-order valence-corrected chi connectivity index (χ2v) is 9.25. The van der Waals surface area contributed by atoms with E-state index in [4.69, 9.17) is 25.8 Å². The summed E-state index contributed by atoms with van der Waals surface area (Å²) < 4.78 is 16.7. The maximum absolute atomic E-state index is 6.11. The zero-order chi connectivity index (χ0) is 26.2. The highest BCUT2D eigenvalue weighted by Gasteiger charge is 2.13. The van der Waals surface area contributed by atoms with Gasteiger partial charge in [0.2, 0.25) is 11.1 Å². The van der Waals surface area contributed by atoms with Crippen LogP contribution in [0.25, 0.3) is 10.2 Å². The van der Waals surface area contributed by atoms with Gasteiger partial charge in [-0.1, -0.05) is 22.9 Å². The molecule has 0 bridgehead atoms. The molecular weight excluding hydrogens is 516 g/mol. The SMILES string of the molecule is COCCN(CCOC)c1ccc(/N=N/c2nc3ccc(Cl)cc3s2)c(Nc2nc(C)nc(OC)n2)c1. The van der Waals surface area contributed by atoms with Crippen LogP contribution in [0.4, 0.5) is 28.1 Å². The van der Waals surface area contributed by atoms with Crippen LogP contribution in [0, 0.1) is 6.92 Å². The van der Waals surface area contributed by atoms with E-state index >= 15 is 0 Å². The van der Waals surface area contributed by atoms with Gasteiger partial charge in [-0.05, 0) is 43.3 Å². The Morgan fingerprint density at radius 2 is 1.73 bits per heavy atom. The summed E-state index contributed by atoms with van der Waals surface area (Å²) in [6.45, 7) is 4.28. The van der Waals surface area contributed by atoms with Crippen LogP contribution < -0.4 is 15.0 Å². The molecular formula is C24H27ClN8O3S. The molecule has 13 heteroatoms. The molecule has 2 aromatic carbocycles. The highest BCUT2D eigenvalue weighted by atomic mass is 35.5. The lowest BCUT2D eigenvalue weighted by molar-refractivity contribution is 0.190. The monoisotopic (exact) mass is 542 g/mol. The Morgan fingerprint density at radius 3 is 2.46 bits per heavy atom. The van der Waals surface area contributed by atoms with Gasteiger partial charge in [-0.3, -0.25) is 0 Å². The van der Waals surface area contributed by atoms with Crippen LogP contribution in [0.5, 0.6) is 6.01 Å². The number of methoxy groups -OCH3 is 3. The number of nitrogens with zero attached hydrogens (tertiary/aromatic N) is 7. The number of fused-ring (bicyclic) bond motifs is 1. The molecule has 0 aliphatic heterocycles. The molecule has 0 saturated heterocycles. The number of halogens is 1. The molecule has 0 fully saturated rings. The third kappa shape index (κ3) is 7.07. The van der Waals surface area contributed by atoms with E-state index in [0.29, 0.717) is 59.6 Å². The van der Waals surface area contributed by atoms with E-state index in [1.54, 1.807) is 27.2 Å². The van der Waals surface area contributed by atoms with Gasteiger partial charge in [0.05, 0.1) is 36.2 Å². The van der Waals surface area contributed by atoms with E-state index in [9.17, 15) is 0 Å². The van der Waals surface area contributed by atoms with Gasteiger partial charge in [-0.2, -0.15) is 15.0 Å². The van der Waals surface area contributed by atoms with Crippen molar-refractivity contribution >= 4 is 61.3 Å². The van der Waals surface area contributed by atoms with Gasteiger partial charge in [0.1, 0.15) is 11.5 Å². The number of azo groups is 1. The zero-order valence-electron chi connectivity index (χ0n) is 20.9. The molecule has 4 aromatic rings. The molecule has 0 aliphatic rings. The molecule has 0 atom stereocenters. The highest BCUT2D eigenvalue weighted by Crippen LogP contribution is 2.35. The topological polar surface area (TPSA) is 119 Å². The van der Waals surface area contributed by atoms with Crippen molar-refractivity contribution in [2.24, 2.45) is 10.2 Å². The molecule has 0 aliphatic carbocycles. The van der Waals surface area contributed by atoms with E-state index in [1.807, 2.05) is 30.3 Å². The molecule has 4 rings (SSSR count). The summed E-state index contributed by atoms with van der Waals surface area (Å²) in [5.41, 5.74) is 2.99. The predicted molar refractivity (Wildman–Crippen MR) is 146 cm³/mol. The Balaban J connectivity index is 1.70. The van der Waals surface area contributed by atoms with Crippen LogP contribution in [0.15, 0.2) is 46.6 Å². The molecule has 0 amide bonds. The fraction of sp³-hybridized carbons (Fsp3) is 0.333. The van der Waals surface area contributed by atoms with Crippen molar-refractivity contribution in [1.82, 2.24) is 19.9 Å². The fourth-order valence-corrected chi connectivity index (χ4v) is 4.49. The second kappa shape index (κ2) is 12.7. The predicted octanol–water partition coefficient (Wildman–Crippen LogP) is 5.71. The lowest BCUT2D eigenvalue weighted by atomic mass is 10.2. The smallest absolute Gasteiger partial charge is 0.321 e. The average Bonchev–Trinajstić information content (AvgIpc) is 3.29. The lowest BCUT2D eigenvalue weighted by Gasteiger charge is -2.25. The highest BCUT2D eigenvalue weighted by molar-refractivity contribution is 7.21. The number of benzene rings is 2. The molecule has 194 valence electrons. The number of anilines is 3. The summed E-state index contributed by atoms with van der Waals surface area (Å²) in [6, 6.07) is 11.6. The number of nitrogens with one attached hydrogen (secondary N) is 1. The average molecular weight is 543 g/mol. The van der Waals surface area contributed by atoms with Crippen molar-refractivity contribution < 1.29 is 14.2 Å². The van der Waals surface area contributed by atoms with Crippen molar-refractivity contribution in [3.8, 4) is 6.01 Å². The largest absolute Gasteiger partial charge is 0.467 e. The first-order valence-electron chi connectivity index (χ1n) is 11.4. The standard InChI is InChI=1S/C24H27ClN8O3S/c1-15-26-22(30-23(27-15)36-4)28-20-14-17(33(9-11-34-2)10-12-35-3)6-8-18(20)31-32-24-29-19-7-5-16(25)13-21(19)37-24/h5-8,13-14H,9-12H2,1-4H3,(H,26,27,28,30)/b32-31+. The fourth-order valence-electron chi connectivity index (χ4n) is 3.43. The molecule has 2 heterocycles. The minimum absolute atomic E-state index is 0.212. The van der Waals surface area contributed by atoms with E-state index in [1.165, 1.54) is 18.4 Å². The lowest BCUT2D eigenvalue weighted by Crippen LogP contribution is -2.30. The number of rotatable bonds is 12. The first-order chi connectivity index (χ1) is 18.0. The van der Waals surface area contributed by atoms with E-state index in [0.717, 1.165) is 15.9 Å². The Labute approximate surface area is 223 Å². The summed E-state index contributed by atoms with van der Waals surface area (Å²) in [5.74, 6) is 0.844. The number of aryl methyl sites for hydroxylation is 1. The van der Waals surface area contributed by atoms with E-state index in [-0.39, 0.29) is 6.01 Å². The Hall–Kier alpha value is -3.45. The molecule has 0 radical (unpaired) electrons. The molecule has 0 spiro atoms. The third-order valence-corrected chi connectivity index (χ3v) is 6.35. The molecule has 11 nitrogen and oxygen atoms in total. The summed E-state index contributed by atoms with van der Waals surface area (Å²) >= 11 is 7.52. The molecule has 37 heavy (non-hydrogen) atoms. The van der Waals surface area contributed by atoms with Gasteiger partial charge in [-0.25, -0.2) is 4.98 Å². The third-order valence-electron chi connectivity index (χ3n) is 5.21. The van der Waals surface area contributed by atoms with Crippen LogP contribution in [0.1, 0.15) is 5.82 Å². The van der Waals surface area contributed by atoms with E-state index < -0.39 is 0 Å². The van der Waals surface area contributed by atoms with Crippen LogP contribution >= 0.6 is 22.9 Å². The maximum atomic E-state index is 6.11. The number of hydrogen-bond acceptors (Lipinski definition) is 12. The van der Waals surface area contributed by atoms with E-state index in [2.05, 4.69) is 40.4 Å². The number of ether oxygens (including phenoxy) is 3. The second-order valence-electron chi connectivity index (χ2n) is 7.80. The summed E-state index contributed by atoms with van der Waals surface area (Å²) in [7, 11) is 4.86. The van der Waals surface area contributed by atoms with Gasteiger partial charge in [-0.15, -0.1) is 10.2 Å². The van der Waals surface area contributed by atoms with Gasteiger partial charge < -0.3 is 24.4 Å². The molecule has 0 saturated carbocycles. The Morgan fingerprint density at radius 1 is 0.946 bits per heavy atom. The summed E-state index contributed by atoms with van der Waals surface area (Å²) in [6.07, 6.45) is 0. The van der Waals surface area contributed by atoms with Crippen molar-refractivity contribution in [1.29, 1.82) is 0 Å². The van der Waals surface area contributed by atoms with Gasteiger partial charge in [0.15, 0.2) is 0 Å². The van der Waals surface area contributed by atoms with Crippen LogP contribution in [0.2, 0.25) is 5.02 Å². The maximum Gasteiger partial charge on any atom is 0.321 e. The molecule has 2 aromatic heterocycles. The number of aromatic nitrogens is 4. The molecule has 0 unspecified atom stereocenters. The Kier molecular flexibility index (Phi) is 9.12. The van der Waals surface area contributed by atoms with Crippen molar-refractivity contribution in [2.75, 3.05) is 57.8 Å². The number of thiazole rings is 1. The van der Waals surface area contributed by atoms with Crippen molar-refractivity contribution in [3.63, 3.8) is 0 Å². The van der Waals surface area contributed by atoms with Gasteiger partial charge in [0.25, 0.3) is 0 Å². The van der Waals surface area contributed by atoms with Crippen molar-refractivity contribution in [3.05, 3.63) is 47.2 Å². The summed E-state index contributed by atoms with van der Waals surface area (Å²) in [5, 5.41) is 13.3. The van der Waals surface area contributed by atoms with Crippen LogP contribution in [0.3, 0.4) is 0 Å². The molecule has 1 N–H and O–H groups in total.